The van der Waals surface area contributed by atoms with E-state index in [4.69, 9.17) is 11.6 Å². The highest BCUT2D eigenvalue weighted by Gasteiger charge is 2.13. The molecule has 4 nitrogen and oxygen atoms in total. The van der Waals surface area contributed by atoms with Gasteiger partial charge in [0.2, 0.25) is 0 Å². The third kappa shape index (κ3) is 2.59. The maximum atomic E-state index is 5.99. The Labute approximate surface area is 145 Å². The van der Waals surface area contributed by atoms with E-state index in [0.717, 1.165) is 39.2 Å². The van der Waals surface area contributed by atoms with Crippen LogP contribution in [0.4, 0.5) is 0 Å². The molecule has 0 aliphatic carbocycles. The second-order valence-electron chi connectivity index (χ2n) is 6.00. The largest absolute Gasteiger partial charge is 0.278 e. The molecule has 2 aromatic heterocycles. The molecule has 2 heterocycles. The maximum absolute atomic E-state index is 5.99. The Bertz CT molecular complexity index is 1010. The van der Waals surface area contributed by atoms with E-state index in [9.17, 15) is 0 Å². The van der Waals surface area contributed by atoms with Crippen molar-refractivity contribution in [1.82, 2.24) is 20.0 Å². The lowest BCUT2D eigenvalue weighted by Gasteiger charge is -2.07. The third-order valence-electron chi connectivity index (χ3n) is 4.41. The van der Waals surface area contributed by atoms with Crippen LogP contribution in [0.1, 0.15) is 17.0 Å². The molecule has 0 spiro atoms. The molecule has 0 aliphatic heterocycles. The predicted molar refractivity (Wildman–Crippen MR) is 97.3 cm³/mol. The number of nitrogens with one attached hydrogen (secondary N) is 1. The minimum Gasteiger partial charge on any atom is -0.278 e. The highest BCUT2D eigenvalue weighted by Crippen LogP contribution is 2.29. The van der Waals surface area contributed by atoms with Gasteiger partial charge < -0.3 is 0 Å². The van der Waals surface area contributed by atoms with Crippen molar-refractivity contribution in [3.8, 4) is 11.1 Å². The third-order valence-corrected chi connectivity index (χ3v) is 4.66. The normalized spacial score (nSPS) is 11.3. The summed E-state index contributed by atoms with van der Waals surface area (Å²) in [7, 11) is 1.98. The second kappa shape index (κ2) is 5.80. The molecule has 0 saturated heterocycles. The van der Waals surface area contributed by atoms with E-state index in [-0.39, 0.29) is 0 Å². The Balaban J connectivity index is 1.77. The van der Waals surface area contributed by atoms with Crippen molar-refractivity contribution in [2.24, 2.45) is 7.05 Å². The molecule has 0 radical (unpaired) electrons. The molecule has 2 aromatic carbocycles. The minimum absolute atomic E-state index is 0.755. The van der Waals surface area contributed by atoms with Gasteiger partial charge >= 0.3 is 0 Å². The number of benzene rings is 2. The van der Waals surface area contributed by atoms with Crippen LogP contribution in [0, 0.1) is 6.92 Å². The summed E-state index contributed by atoms with van der Waals surface area (Å²) >= 11 is 5.99. The molecule has 0 atom stereocenters. The highest BCUT2D eigenvalue weighted by molar-refractivity contribution is 6.30. The van der Waals surface area contributed by atoms with Crippen molar-refractivity contribution < 1.29 is 0 Å². The van der Waals surface area contributed by atoms with Gasteiger partial charge in [0.1, 0.15) is 0 Å². The average Bonchev–Trinajstić information content (AvgIpc) is 3.13. The van der Waals surface area contributed by atoms with Crippen molar-refractivity contribution in [2.75, 3.05) is 0 Å². The van der Waals surface area contributed by atoms with Gasteiger partial charge in [0, 0.05) is 29.4 Å². The lowest BCUT2D eigenvalue weighted by molar-refractivity contribution is 0.725. The zero-order valence-corrected chi connectivity index (χ0v) is 14.3. The minimum atomic E-state index is 0.755. The molecule has 0 bridgehead atoms. The van der Waals surface area contributed by atoms with Gasteiger partial charge in [0.25, 0.3) is 0 Å². The molecule has 4 aromatic rings. The highest BCUT2D eigenvalue weighted by atomic mass is 35.5. The van der Waals surface area contributed by atoms with Gasteiger partial charge in [-0.25, -0.2) is 0 Å². The van der Waals surface area contributed by atoms with E-state index >= 15 is 0 Å². The van der Waals surface area contributed by atoms with Crippen LogP contribution in [-0.4, -0.2) is 20.0 Å². The first kappa shape index (κ1) is 15.0. The zero-order chi connectivity index (χ0) is 16.7. The van der Waals surface area contributed by atoms with Crippen LogP contribution in [0.5, 0.6) is 0 Å². The van der Waals surface area contributed by atoms with E-state index in [0.29, 0.717) is 0 Å². The fourth-order valence-electron chi connectivity index (χ4n) is 3.02. The van der Waals surface area contributed by atoms with Crippen LogP contribution in [0.25, 0.3) is 22.0 Å². The summed E-state index contributed by atoms with van der Waals surface area (Å²) < 4.78 is 1.94. The van der Waals surface area contributed by atoms with Crippen molar-refractivity contribution >= 4 is 22.5 Å². The van der Waals surface area contributed by atoms with E-state index in [2.05, 4.69) is 45.6 Å². The van der Waals surface area contributed by atoms with E-state index in [1.807, 2.05) is 37.0 Å². The standard InChI is InChI=1S/C19H17ClN4/c1-12-16-10-14(5-8-18(16)23-22-12)17-11-21-24(2)19(17)9-13-3-6-15(20)7-4-13/h3-8,10-11H,9H2,1-2H3,(H,22,23). The van der Waals surface area contributed by atoms with Gasteiger partial charge in [-0.1, -0.05) is 29.8 Å². The number of hydrogen-bond donors (Lipinski definition) is 1. The number of aromatic amines is 1. The Morgan fingerprint density at radius 1 is 1.12 bits per heavy atom. The second-order valence-corrected chi connectivity index (χ2v) is 6.44. The number of H-pyrrole nitrogens is 1. The molecule has 0 fully saturated rings. The monoisotopic (exact) mass is 336 g/mol. The first-order valence-electron chi connectivity index (χ1n) is 7.82. The molecule has 5 heteroatoms. The number of nitrogens with zero attached hydrogens (tertiary/aromatic N) is 3. The summed E-state index contributed by atoms with van der Waals surface area (Å²) in [5.74, 6) is 0. The van der Waals surface area contributed by atoms with Gasteiger partial charge in [-0.3, -0.25) is 9.78 Å². The molecular weight excluding hydrogens is 320 g/mol. The molecule has 4 rings (SSSR count). The topological polar surface area (TPSA) is 46.5 Å². The lowest BCUT2D eigenvalue weighted by atomic mass is 10.00. The summed E-state index contributed by atoms with van der Waals surface area (Å²) in [6.07, 6.45) is 2.74. The quantitative estimate of drug-likeness (QED) is 0.598. The van der Waals surface area contributed by atoms with Crippen LogP contribution >= 0.6 is 11.6 Å². The summed E-state index contributed by atoms with van der Waals surface area (Å²) in [4.78, 5) is 0. The summed E-state index contributed by atoms with van der Waals surface area (Å²) in [5, 5.41) is 13.7. The van der Waals surface area contributed by atoms with Crippen molar-refractivity contribution in [3.05, 3.63) is 70.6 Å². The Hall–Kier alpha value is -2.59. The van der Waals surface area contributed by atoms with Gasteiger partial charge in [-0.15, -0.1) is 0 Å². The number of aryl methyl sites for hydroxylation is 2. The van der Waals surface area contributed by atoms with Gasteiger partial charge in [-0.05, 0) is 42.3 Å². The smallest absolute Gasteiger partial charge is 0.0670 e. The fraction of sp³-hybridized carbons (Fsp3) is 0.158. The average molecular weight is 337 g/mol. The van der Waals surface area contributed by atoms with Crippen molar-refractivity contribution in [2.45, 2.75) is 13.3 Å². The number of hydrogen-bond acceptors (Lipinski definition) is 2. The molecule has 0 amide bonds. The molecule has 0 unspecified atom stereocenters. The Morgan fingerprint density at radius 3 is 2.71 bits per heavy atom. The van der Waals surface area contributed by atoms with Gasteiger partial charge in [0.05, 0.1) is 23.1 Å². The van der Waals surface area contributed by atoms with Crippen LogP contribution in [0.15, 0.2) is 48.7 Å². The van der Waals surface area contributed by atoms with Crippen LogP contribution in [-0.2, 0) is 13.5 Å². The van der Waals surface area contributed by atoms with Crippen LogP contribution in [0.3, 0.4) is 0 Å². The van der Waals surface area contributed by atoms with Gasteiger partial charge in [0.15, 0.2) is 0 Å². The fourth-order valence-corrected chi connectivity index (χ4v) is 3.15. The van der Waals surface area contributed by atoms with E-state index in [1.54, 1.807) is 0 Å². The molecule has 120 valence electrons. The van der Waals surface area contributed by atoms with Crippen molar-refractivity contribution in [1.29, 1.82) is 0 Å². The summed E-state index contributed by atoms with van der Waals surface area (Å²) in [5.41, 5.74) is 6.76. The Morgan fingerprint density at radius 2 is 1.92 bits per heavy atom. The van der Waals surface area contributed by atoms with Crippen molar-refractivity contribution in [3.63, 3.8) is 0 Å². The first-order chi connectivity index (χ1) is 11.6. The molecule has 0 saturated carbocycles. The summed E-state index contributed by atoms with van der Waals surface area (Å²) in [6.45, 7) is 2.01. The number of aromatic nitrogens is 4. The Kier molecular flexibility index (Phi) is 3.62. The van der Waals surface area contributed by atoms with Crippen LogP contribution in [0.2, 0.25) is 5.02 Å². The molecule has 1 N–H and O–H groups in total. The summed E-state index contributed by atoms with van der Waals surface area (Å²) in [6, 6.07) is 14.3. The number of halogens is 1. The van der Waals surface area contributed by atoms with Crippen LogP contribution < -0.4 is 0 Å². The zero-order valence-electron chi connectivity index (χ0n) is 13.5. The van der Waals surface area contributed by atoms with E-state index in [1.165, 1.54) is 11.3 Å². The molecule has 24 heavy (non-hydrogen) atoms. The first-order valence-corrected chi connectivity index (χ1v) is 8.20. The maximum Gasteiger partial charge on any atom is 0.0670 e. The van der Waals surface area contributed by atoms with E-state index < -0.39 is 0 Å². The number of fused-ring (bicyclic) bond motifs is 1. The van der Waals surface area contributed by atoms with Gasteiger partial charge in [-0.2, -0.15) is 10.2 Å². The SMILES string of the molecule is Cc1n[nH]c2ccc(-c3cnn(C)c3Cc3ccc(Cl)cc3)cc12. The molecule has 0 aliphatic rings. The lowest BCUT2D eigenvalue weighted by Crippen LogP contribution is -2.00. The number of rotatable bonds is 3. The predicted octanol–water partition coefficient (Wildman–Crippen LogP) is 4.52. The molecular formula is C19H17ClN4.